The molecule has 0 radical (unpaired) electrons. The van der Waals surface area contributed by atoms with Gasteiger partial charge in [0.1, 0.15) is 5.82 Å². The molecule has 0 saturated carbocycles. The van der Waals surface area contributed by atoms with E-state index < -0.39 is 6.10 Å². The molecule has 106 valence electrons. The van der Waals surface area contributed by atoms with Crippen LogP contribution < -0.4 is 5.32 Å². The Morgan fingerprint density at radius 1 is 1.47 bits per heavy atom. The summed E-state index contributed by atoms with van der Waals surface area (Å²) >= 11 is 1.41. The Morgan fingerprint density at radius 2 is 2.16 bits per heavy atom. The zero-order chi connectivity index (χ0) is 14.4. The van der Waals surface area contributed by atoms with Crippen molar-refractivity contribution in [3.8, 4) is 0 Å². The lowest BCUT2D eigenvalue weighted by molar-refractivity contribution is -0.118. The Kier molecular flexibility index (Phi) is 6.31. The number of thioether (sulfide) groups is 1. The first-order chi connectivity index (χ1) is 8.90. The first-order valence-corrected chi connectivity index (χ1v) is 7.26. The van der Waals surface area contributed by atoms with Crippen molar-refractivity contribution in [2.24, 2.45) is 0 Å². The Labute approximate surface area is 117 Å². The fraction of sp³-hybridized carbons (Fsp3) is 0.500. The molecule has 5 heteroatoms. The molecule has 0 heterocycles. The van der Waals surface area contributed by atoms with Crippen molar-refractivity contribution >= 4 is 17.7 Å². The Balaban J connectivity index is 2.35. The van der Waals surface area contributed by atoms with Crippen molar-refractivity contribution in [2.75, 3.05) is 5.75 Å². The van der Waals surface area contributed by atoms with E-state index in [0.29, 0.717) is 17.9 Å². The molecule has 0 aliphatic carbocycles. The molecule has 0 spiro atoms. The molecule has 0 aliphatic rings. The third-order valence-corrected chi connectivity index (χ3v) is 4.22. The first-order valence-electron chi connectivity index (χ1n) is 6.21. The van der Waals surface area contributed by atoms with Crippen LogP contribution >= 0.6 is 11.8 Å². The quantitative estimate of drug-likeness (QED) is 0.843. The van der Waals surface area contributed by atoms with E-state index >= 15 is 0 Å². The molecule has 0 saturated heterocycles. The van der Waals surface area contributed by atoms with Crippen LogP contribution in [0.4, 0.5) is 4.39 Å². The summed E-state index contributed by atoms with van der Waals surface area (Å²) in [6.45, 7) is 5.67. The van der Waals surface area contributed by atoms with Crippen molar-refractivity contribution in [1.82, 2.24) is 5.32 Å². The minimum Gasteiger partial charge on any atom is -0.392 e. The van der Waals surface area contributed by atoms with Gasteiger partial charge >= 0.3 is 0 Å². The molecule has 2 N–H and O–H groups in total. The predicted octanol–water partition coefficient (Wildman–Crippen LogP) is 2.25. The minimum atomic E-state index is -0.433. The molecule has 1 aromatic rings. The van der Waals surface area contributed by atoms with E-state index in [-0.39, 0.29) is 17.0 Å². The van der Waals surface area contributed by atoms with Crippen LogP contribution in [0.3, 0.4) is 0 Å². The number of rotatable bonds is 6. The van der Waals surface area contributed by atoms with Gasteiger partial charge in [-0.3, -0.25) is 4.79 Å². The normalized spacial score (nSPS) is 13.9. The maximum atomic E-state index is 13.1. The molecule has 1 amide bonds. The van der Waals surface area contributed by atoms with Gasteiger partial charge in [0.2, 0.25) is 5.91 Å². The lowest BCUT2D eigenvalue weighted by Gasteiger charge is -2.13. The van der Waals surface area contributed by atoms with E-state index in [0.717, 1.165) is 5.56 Å². The van der Waals surface area contributed by atoms with Gasteiger partial charge in [0.05, 0.1) is 11.9 Å². The number of hydrogen-bond acceptors (Lipinski definition) is 3. The maximum absolute atomic E-state index is 13.1. The number of halogens is 1. The van der Waals surface area contributed by atoms with Crippen LogP contribution in [0, 0.1) is 12.7 Å². The van der Waals surface area contributed by atoms with E-state index in [1.807, 2.05) is 6.92 Å². The number of nitrogens with one attached hydrogen (secondary N) is 1. The molecule has 1 rings (SSSR count). The van der Waals surface area contributed by atoms with Gasteiger partial charge in [0, 0.05) is 11.8 Å². The molecule has 0 aliphatic heterocycles. The van der Waals surface area contributed by atoms with Gasteiger partial charge in [0.15, 0.2) is 0 Å². The lowest BCUT2D eigenvalue weighted by atomic mass is 10.1. The number of amides is 1. The average Bonchev–Trinajstić information content (AvgIpc) is 2.37. The summed E-state index contributed by atoms with van der Waals surface area (Å²) in [4.78, 5) is 11.6. The standard InChI is InChI=1S/C14H20FNO2S/c1-9-6-12(4-5-13(9)15)7-16-14(18)8-19-11(3)10(2)17/h4-6,10-11,17H,7-8H2,1-3H3,(H,16,18). The van der Waals surface area contributed by atoms with Crippen molar-refractivity contribution in [3.63, 3.8) is 0 Å². The molecule has 19 heavy (non-hydrogen) atoms. The molecule has 0 fully saturated rings. The third-order valence-electron chi connectivity index (χ3n) is 2.87. The third kappa shape index (κ3) is 5.61. The summed E-state index contributed by atoms with van der Waals surface area (Å²) < 4.78 is 13.1. The predicted molar refractivity (Wildman–Crippen MR) is 76.6 cm³/mol. The van der Waals surface area contributed by atoms with E-state index in [1.54, 1.807) is 26.0 Å². The highest BCUT2D eigenvalue weighted by molar-refractivity contribution is 8.00. The molecular formula is C14H20FNO2S. The number of carbonyl (C=O) groups excluding carboxylic acids is 1. The number of carbonyl (C=O) groups is 1. The average molecular weight is 285 g/mol. The van der Waals surface area contributed by atoms with Crippen molar-refractivity contribution in [1.29, 1.82) is 0 Å². The van der Waals surface area contributed by atoms with E-state index in [1.165, 1.54) is 17.8 Å². The van der Waals surface area contributed by atoms with Gasteiger partial charge in [0.25, 0.3) is 0 Å². The molecule has 2 unspecified atom stereocenters. The number of hydrogen-bond donors (Lipinski definition) is 2. The van der Waals surface area contributed by atoms with Crippen molar-refractivity contribution < 1.29 is 14.3 Å². The first kappa shape index (κ1) is 16.0. The molecular weight excluding hydrogens is 265 g/mol. The summed E-state index contributed by atoms with van der Waals surface area (Å²) in [7, 11) is 0. The van der Waals surface area contributed by atoms with Crippen molar-refractivity contribution in [3.05, 3.63) is 35.1 Å². The van der Waals surface area contributed by atoms with E-state index in [2.05, 4.69) is 5.32 Å². The highest BCUT2D eigenvalue weighted by Crippen LogP contribution is 2.13. The maximum Gasteiger partial charge on any atom is 0.230 e. The zero-order valence-electron chi connectivity index (χ0n) is 11.4. The Bertz CT molecular complexity index is 437. The highest BCUT2D eigenvalue weighted by Gasteiger charge is 2.11. The van der Waals surface area contributed by atoms with Crippen LogP contribution in [0.25, 0.3) is 0 Å². The highest BCUT2D eigenvalue weighted by atomic mass is 32.2. The smallest absolute Gasteiger partial charge is 0.230 e. The van der Waals surface area contributed by atoms with Crippen LogP contribution in [-0.4, -0.2) is 28.1 Å². The SMILES string of the molecule is Cc1cc(CNC(=O)CSC(C)C(C)O)ccc1F. The number of aryl methyl sites for hydroxylation is 1. The summed E-state index contributed by atoms with van der Waals surface area (Å²) in [6.07, 6.45) is -0.433. The summed E-state index contributed by atoms with van der Waals surface area (Å²) in [5, 5.41) is 12.1. The monoisotopic (exact) mass is 285 g/mol. The molecule has 0 aromatic heterocycles. The second-order valence-electron chi connectivity index (χ2n) is 4.62. The zero-order valence-corrected chi connectivity index (χ0v) is 12.3. The number of aliphatic hydroxyl groups excluding tert-OH is 1. The van der Waals surface area contributed by atoms with Crippen molar-refractivity contribution in [2.45, 2.75) is 38.7 Å². The Hall–Kier alpha value is -1.07. The van der Waals surface area contributed by atoms with Crippen LogP contribution in [0.2, 0.25) is 0 Å². The second kappa shape index (κ2) is 7.50. The summed E-state index contributed by atoms with van der Waals surface area (Å²) in [5.74, 6) is -0.0115. The van der Waals surface area contributed by atoms with Gasteiger partial charge in [-0.15, -0.1) is 11.8 Å². The summed E-state index contributed by atoms with van der Waals surface area (Å²) in [6, 6.07) is 4.79. The number of benzene rings is 1. The molecule has 1 aromatic carbocycles. The van der Waals surface area contributed by atoms with Gasteiger partial charge in [-0.2, -0.15) is 0 Å². The molecule has 2 atom stereocenters. The van der Waals surface area contributed by atoms with Crippen LogP contribution in [0.1, 0.15) is 25.0 Å². The van der Waals surface area contributed by atoms with Gasteiger partial charge in [-0.1, -0.05) is 19.1 Å². The topological polar surface area (TPSA) is 49.3 Å². The largest absolute Gasteiger partial charge is 0.392 e. The van der Waals surface area contributed by atoms with E-state index in [4.69, 9.17) is 0 Å². The Morgan fingerprint density at radius 3 is 2.74 bits per heavy atom. The number of aliphatic hydroxyl groups is 1. The van der Waals surface area contributed by atoms with Crippen LogP contribution in [-0.2, 0) is 11.3 Å². The molecule has 3 nitrogen and oxygen atoms in total. The second-order valence-corrected chi connectivity index (χ2v) is 5.98. The fourth-order valence-corrected chi connectivity index (χ4v) is 2.21. The molecule has 0 bridgehead atoms. The van der Waals surface area contributed by atoms with Gasteiger partial charge in [-0.25, -0.2) is 4.39 Å². The fourth-order valence-electron chi connectivity index (χ4n) is 1.41. The van der Waals surface area contributed by atoms with Gasteiger partial charge < -0.3 is 10.4 Å². The minimum absolute atomic E-state index is 0.0267. The van der Waals surface area contributed by atoms with Crippen LogP contribution in [0.15, 0.2) is 18.2 Å². The van der Waals surface area contributed by atoms with E-state index in [9.17, 15) is 14.3 Å². The summed E-state index contributed by atoms with van der Waals surface area (Å²) in [5.41, 5.74) is 1.45. The van der Waals surface area contributed by atoms with Crippen LogP contribution in [0.5, 0.6) is 0 Å². The lowest BCUT2D eigenvalue weighted by Crippen LogP contribution is -2.27. The van der Waals surface area contributed by atoms with Gasteiger partial charge in [-0.05, 0) is 31.0 Å².